The summed E-state index contributed by atoms with van der Waals surface area (Å²) in [6.45, 7) is 1.14. The van der Waals surface area contributed by atoms with Gasteiger partial charge >= 0.3 is 0 Å². The maximum absolute atomic E-state index is 12.7. The lowest BCUT2D eigenvalue weighted by atomic mass is 10.1. The summed E-state index contributed by atoms with van der Waals surface area (Å²) in [6.07, 6.45) is 5.31. The van der Waals surface area contributed by atoms with Gasteiger partial charge in [0.25, 0.3) is 5.91 Å². The molecule has 8 heteroatoms. The second-order valence-corrected chi connectivity index (χ2v) is 7.84. The lowest BCUT2D eigenvalue weighted by Crippen LogP contribution is -2.14. The number of rotatable bonds is 6. The van der Waals surface area contributed by atoms with Gasteiger partial charge in [0, 0.05) is 18.0 Å². The van der Waals surface area contributed by atoms with E-state index >= 15 is 0 Å². The van der Waals surface area contributed by atoms with Gasteiger partial charge in [-0.25, -0.2) is 0 Å². The van der Waals surface area contributed by atoms with Crippen LogP contribution in [-0.4, -0.2) is 25.5 Å². The Morgan fingerprint density at radius 1 is 1.00 bits per heavy atom. The number of benzene rings is 2. The molecular weight excluding hydrogens is 454 g/mol. The van der Waals surface area contributed by atoms with Crippen molar-refractivity contribution in [2.45, 2.75) is 13.1 Å². The highest BCUT2D eigenvalue weighted by molar-refractivity contribution is 9.10. The van der Waals surface area contributed by atoms with Crippen LogP contribution in [0.4, 0.5) is 5.82 Å². The van der Waals surface area contributed by atoms with Gasteiger partial charge in [0.2, 0.25) is 0 Å². The first-order valence-electron chi connectivity index (χ1n) is 8.92. The van der Waals surface area contributed by atoms with E-state index in [9.17, 15) is 4.79 Å². The van der Waals surface area contributed by atoms with E-state index in [4.69, 9.17) is 11.6 Å². The molecule has 4 rings (SSSR count). The van der Waals surface area contributed by atoms with Crippen LogP contribution >= 0.6 is 27.5 Å². The molecule has 4 aromatic rings. The molecule has 0 radical (unpaired) electrons. The summed E-state index contributed by atoms with van der Waals surface area (Å²) in [4.78, 5) is 12.7. The van der Waals surface area contributed by atoms with Crippen LogP contribution in [-0.2, 0) is 13.1 Å². The maximum Gasteiger partial charge on any atom is 0.256 e. The number of nitrogens with one attached hydrogen (secondary N) is 1. The fourth-order valence-corrected chi connectivity index (χ4v) is 3.46. The van der Waals surface area contributed by atoms with Gasteiger partial charge in [0.1, 0.15) is 5.02 Å². The van der Waals surface area contributed by atoms with Crippen LogP contribution in [0.3, 0.4) is 0 Å². The molecule has 0 aliphatic rings. The molecule has 146 valence electrons. The quantitative estimate of drug-likeness (QED) is 0.438. The summed E-state index contributed by atoms with van der Waals surface area (Å²) < 4.78 is 4.41. The number of anilines is 1. The smallest absolute Gasteiger partial charge is 0.256 e. The molecule has 0 saturated heterocycles. The third-order valence-electron chi connectivity index (χ3n) is 4.27. The molecule has 2 aromatic carbocycles. The predicted octanol–water partition coefficient (Wildman–Crippen LogP) is 4.84. The molecule has 2 heterocycles. The molecule has 29 heavy (non-hydrogen) atoms. The fourth-order valence-electron chi connectivity index (χ4n) is 2.94. The Kier molecular flexibility index (Phi) is 5.78. The summed E-state index contributed by atoms with van der Waals surface area (Å²) in [6, 6.07) is 17.3. The van der Waals surface area contributed by atoms with E-state index in [-0.39, 0.29) is 5.91 Å². The largest absolute Gasteiger partial charge is 0.304 e. The summed E-state index contributed by atoms with van der Waals surface area (Å²) in [7, 11) is 0. The molecule has 1 amide bonds. The Labute approximate surface area is 181 Å². The normalized spacial score (nSPS) is 10.8. The number of halogens is 2. The number of aromatic nitrogens is 4. The van der Waals surface area contributed by atoms with E-state index in [1.807, 2.05) is 54.7 Å². The molecule has 1 N–H and O–H groups in total. The van der Waals surface area contributed by atoms with Crippen LogP contribution in [0.5, 0.6) is 0 Å². The Morgan fingerprint density at radius 3 is 2.52 bits per heavy atom. The van der Waals surface area contributed by atoms with Crippen molar-refractivity contribution in [2.24, 2.45) is 0 Å². The Balaban J connectivity index is 1.46. The number of hydrogen-bond acceptors (Lipinski definition) is 3. The van der Waals surface area contributed by atoms with Crippen LogP contribution < -0.4 is 5.32 Å². The van der Waals surface area contributed by atoms with E-state index in [1.54, 1.807) is 27.8 Å². The standard InChI is InChI=1S/C21H17BrClN5O/c22-18-10-24-27(13-18)12-16-7-4-8-17(9-16)21(29)25-20-19(23)14-28(26-20)11-15-5-2-1-3-6-15/h1-10,13-14H,11-12H2,(H,25,26,29). The van der Waals surface area contributed by atoms with Crippen LogP contribution in [0.15, 0.2) is 77.7 Å². The minimum Gasteiger partial charge on any atom is -0.304 e. The molecule has 6 nitrogen and oxygen atoms in total. The van der Waals surface area contributed by atoms with Crippen molar-refractivity contribution in [3.8, 4) is 0 Å². The van der Waals surface area contributed by atoms with Gasteiger partial charge in [-0.2, -0.15) is 10.2 Å². The van der Waals surface area contributed by atoms with Crippen molar-refractivity contribution >= 4 is 39.3 Å². The summed E-state index contributed by atoms with van der Waals surface area (Å²) in [5.41, 5.74) is 2.60. The van der Waals surface area contributed by atoms with Crippen molar-refractivity contribution in [3.05, 3.63) is 99.4 Å². The topological polar surface area (TPSA) is 64.7 Å². The van der Waals surface area contributed by atoms with Crippen molar-refractivity contribution < 1.29 is 4.79 Å². The van der Waals surface area contributed by atoms with E-state index < -0.39 is 0 Å². The molecule has 0 spiro atoms. The number of carbonyl (C=O) groups is 1. The monoisotopic (exact) mass is 469 g/mol. The van der Waals surface area contributed by atoms with E-state index in [1.165, 1.54) is 0 Å². The molecule has 0 atom stereocenters. The molecule has 0 bridgehead atoms. The molecular formula is C21H17BrClN5O. The van der Waals surface area contributed by atoms with Crippen molar-refractivity contribution in [3.63, 3.8) is 0 Å². The van der Waals surface area contributed by atoms with Gasteiger partial charge < -0.3 is 5.32 Å². The van der Waals surface area contributed by atoms with Crippen LogP contribution in [0.25, 0.3) is 0 Å². The molecule has 0 unspecified atom stereocenters. The second kappa shape index (κ2) is 8.63. The predicted molar refractivity (Wildman–Crippen MR) is 116 cm³/mol. The van der Waals surface area contributed by atoms with E-state index in [0.717, 1.165) is 15.6 Å². The molecule has 0 aliphatic carbocycles. The zero-order valence-corrected chi connectivity index (χ0v) is 17.6. The van der Waals surface area contributed by atoms with Gasteiger partial charge in [-0.3, -0.25) is 14.2 Å². The van der Waals surface area contributed by atoms with Gasteiger partial charge in [-0.05, 0) is 39.2 Å². The molecule has 0 fully saturated rings. The third-order valence-corrected chi connectivity index (χ3v) is 4.96. The number of amides is 1. The summed E-state index contributed by atoms with van der Waals surface area (Å²) in [5, 5.41) is 11.8. The van der Waals surface area contributed by atoms with Gasteiger partial charge in [0.05, 0.1) is 23.8 Å². The fraction of sp³-hybridized carbons (Fsp3) is 0.0952. The zero-order chi connectivity index (χ0) is 20.2. The Bertz CT molecular complexity index is 1140. The maximum atomic E-state index is 12.7. The van der Waals surface area contributed by atoms with Gasteiger partial charge in [-0.15, -0.1) is 0 Å². The lowest BCUT2D eigenvalue weighted by Gasteiger charge is -2.06. The van der Waals surface area contributed by atoms with E-state index in [0.29, 0.717) is 29.5 Å². The van der Waals surface area contributed by atoms with E-state index in [2.05, 4.69) is 31.4 Å². The van der Waals surface area contributed by atoms with Crippen LogP contribution in [0.2, 0.25) is 5.02 Å². The highest BCUT2D eigenvalue weighted by Gasteiger charge is 2.13. The van der Waals surface area contributed by atoms with Gasteiger partial charge in [-0.1, -0.05) is 54.1 Å². The van der Waals surface area contributed by atoms with Crippen molar-refractivity contribution in [2.75, 3.05) is 5.32 Å². The van der Waals surface area contributed by atoms with Crippen molar-refractivity contribution in [1.29, 1.82) is 0 Å². The summed E-state index contributed by atoms with van der Waals surface area (Å²) in [5.74, 6) is 0.0781. The van der Waals surface area contributed by atoms with Crippen LogP contribution in [0.1, 0.15) is 21.5 Å². The minimum absolute atomic E-state index is 0.264. The first kappa shape index (κ1) is 19.4. The van der Waals surface area contributed by atoms with Gasteiger partial charge in [0.15, 0.2) is 5.82 Å². The first-order chi connectivity index (χ1) is 14.1. The second-order valence-electron chi connectivity index (χ2n) is 6.52. The van der Waals surface area contributed by atoms with Crippen molar-refractivity contribution in [1.82, 2.24) is 19.6 Å². The lowest BCUT2D eigenvalue weighted by molar-refractivity contribution is 0.102. The number of carbonyl (C=O) groups excluding carboxylic acids is 1. The molecule has 0 aliphatic heterocycles. The Morgan fingerprint density at radius 2 is 1.76 bits per heavy atom. The highest BCUT2D eigenvalue weighted by atomic mass is 79.9. The number of nitrogens with zero attached hydrogens (tertiary/aromatic N) is 4. The zero-order valence-electron chi connectivity index (χ0n) is 15.3. The Hall–Kier alpha value is -2.90. The SMILES string of the molecule is O=C(Nc1nn(Cc2ccccc2)cc1Cl)c1cccc(Cn2cc(Br)cn2)c1. The average molecular weight is 471 g/mol. The first-order valence-corrected chi connectivity index (χ1v) is 10.1. The highest BCUT2D eigenvalue weighted by Crippen LogP contribution is 2.21. The number of hydrogen-bond donors (Lipinski definition) is 1. The molecule has 2 aromatic heterocycles. The average Bonchev–Trinajstić information content (AvgIpc) is 3.27. The van der Waals surface area contributed by atoms with Crippen LogP contribution in [0, 0.1) is 0 Å². The third kappa shape index (κ3) is 4.93. The molecule has 0 saturated carbocycles. The minimum atomic E-state index is -0.264. The summed E-state index contributed by atoms with van der Waals surface area (Å²) >= 11 is 9.65.